The van der Waals surface area contributed by atoms with Crippen LogP contribution in [-0.4, -0.2) is 13.1 Å². The second-order valence-electron chi connectivity index (χ2n) is 2.59. The van der Waals surface area contributed by atoms with Crippen molar-refractivity contribution in [3.8, 4) is 0 Å². The lowest BCUT2D eigenvalue weighted by atomic mass is 10.1. The molecular weight excluding hydrogens is 321 g/mol. The third-order valence-electron chi connectivity index (χ3n) is 1.68. The first-order valence-electron chi connectivity index (χ1n) is 3.75. The molecule has 0 atom stereocenters. The molecule has 0 aliphatic heterocycles. The Labute approximate surface area is 99.5 Å². The summed E-state index contributed by atoms with van der Waals surface area (Å²) in [5.41, 5.74) is 0.252. The maximum atomic E-state index is 13.4. The third kappa shape index (κ3) is 2.57. The zero-order valence-corrected chi connectivity index (χ0v) is 10.2. The number of esters is 1. The summed E-state index contributed by atoms with van der Waals surface area (Å²) >= 11 is 7.60. The van der Waals surface area contributed by atoms with Crippen molar-refractivity contribution < 1.29 is 13.9 Å². The number of hydrogen-bond acceptors (Lipinski definition) is 2. The van der Waals surface area contributed by atoms with Gasteiger partial charge in [-0.05, 0) is 28.7 Å². The van der Waals surface area contributed by atoms with Gasteiger partial charge in [0.25, 0.3) is 0 Å². The van der Waals surface area contributed by atoms with E-state index < -0.39 is 11.8 Å². The SMILES string of the molecule is COC(=O)Cc1ccc(I)c(Cl)c1F. The van der Waals surface area contributed by atoms with Gasteiger partial charge in [-0.25, -0.2) is 4.39 Å². The highest BCUT2D eigenvalue weighted by Crippen LogP contribution is 2.24. The van der Waals surface area contributed by atoms with Crippen LogP contribution in [-0.2, 0) is 16.0 Å². The van der Waals surface area contributed by atoms with Crippen LogP contribution in [0.25, 0.3) is 0 Å². The van der Waals surface area contributed by atoms with Crippen LogP contribution >= 0.6 is 34.2 Å². The molecule has 1 aromatic rings. The van der Waals surface area contributed by atoms with Crippen LogP contribution in [0.5, 0.6) is 0 Å². The highest BCUT2D eigenvalue weighted by Gasteiger charge is 2.13. The molecule has 0 aromatic heterocycles. The number of halogens is 3. The molecule has 0 saturated carbocycles. The Balaban J connectivity index is 3.00. The number of ether oxygens (including phenoxy) is 1. The van der Waals surface area contributed by atoms with Gasteiger partial charge in [-0.15, -0.1) is 0 Å². The topological polar surface area (TPSA) is 26.3 Å². The number of carbonyl (C=O) groups excluding carboxylic acids is 1. The van der Waals surface area contributed by atoms with E-state index in [0.717, 1.165) is 0 Å². The first kappa shape index (κ1) is 11.7. The van der Waals surface area contributed by atoms with E-state index in [-0.39, 0.29) is 17.0 Å². The maximum absolute atomic E-state index is 13.4. The molecular formula is C9H7ClFIO2. The second kappa shape index (κ2) is 4.93. The standard InChI is InChI=1S/C9H7ClFIO2/c1-14-7(13)4-5-2-3-6(12)8(10)9(5)11/h2-3H,4H2,1H3. The largest absolute Gasteiger partial charge is 0.469 e. The molecule has 1 aromatic carbocycles. The third-order valence-corrected chi connectivity index (χ3v) is 3.26. The summed E-state index contributed by atoms with van der Waals surface area (Å²) in [6, 6.07) is 3.18. The fraction of sp³-hybridized carbons (Fsp3) is 0.222. The minimum absolute atomic E-state index is 0.0482. The zero-order valence-electron chi connectivity index (χ0n) is 7.31. The predicted molar refractivity (Wildman–Crippen MR) is 59.8 cm³/mol. The van der Waals surface area contributed by atoms with Crippen LogP contribution in [0.4, 0.5) is 4.39 Å². The lowest BCUT2D eigenvalue weighted by Gasteiger charge is -2.04. The van der Waals surface area contributed by atoms with E-state index in [1.165, 1.54) is 13.2 Å². The summed E-state index contributed by atoms with van der Waals surface area (Å²) in [4.78, 5) is 10.9. The van der Waals surface area contributed by atoms with E-state index in [1.807, 2.05) is 22.6 Å². The van der Waals surface area contributed by atoms with Gasteiger partial charge in [0.2, 0.25) is 0 Å². The normalized spacial score (nSPS) is 10.0. The molecule has 2 nitrogen and oxygen atoms in total. The molecule has 0 amide bonds. The average Bonchev–Trinajstić information content (AvgIpc) is 2.19. The summed E-state index contributed by atoms with van der Waals surface area (Å²) in [5, 5.41) is 0.0482. The molecule has 5 heteroatoms. The molecule has 76 valence electrons. The fourth-order valence-corrected chi connectivity index (χ4v) is 1.53. The zero-order chi connectivity index (χ0) is 10.7. The minimum Gasteiger partial charge on any atom is -0.469 e. The van der Waals surface area contributed by atoms with Gasteiger partial charge < -0.3 is 4.74 Å². The van der Waals surface area contributed by atoms with Crippen LogP contribution in [0.2, 0.25) is 5.02 Å². The van der Waals surface area contributed by atoms with Crippen molar-refractivity contribution in [3.05, 3.63) is 32.1 Å². The number of hydrogen-bond donors (Lipinski definition) is 0. The molecule has 14 heavy (non-hydrogen) atoms. The van der Waals surface area contributed by atoms with Gasteiger partial charge >= 0.3 is 5.97 Å². The van der Waals surface area contributed by atoms with Gasteiger partial charge in [0.1, 0.15) is 5.82 Å². The van der Waals surface area contributed by atoms with E-state index in [4.69, 9.17) is 11.6 Å². The van der Waals surface area contributed by atoms with Crippen molar-refractivity contribution in [2.24, 2.45) is 0 Å². The van der Waals surface area contributed by atoms with Gasteiger partial charge in [-0.1, -0.05) is 17.7 Å². The summed E-state index contributed by atoms with van der Waals surface area (Å²) in [5.74, 6) is -1.04. The lowest BCUT2D eigenvalue weighted by Crippen LogP contribution is -2.06. The summed E-state index contributed by atoms with van der Waals surface area (Å²) in [7, 11) is 1.26. The lowest BCUT2D eigenvalue weighted by molar-refractivity contribution is -0.139. The van der Waals surface area contributed by atoms with Crippen molar-refractivity contribution in [1.82, 2.24) is 0 Å². The molecule has 0 unspecified atom stereocenters. The Morgan fingerprint density at radius 3 is 2.86 bits per heavy atom. The number of rotatable bonds is 2. The van der Waals surface area contributed by atoms with E-state index in [0.29, 0.717) is 3.57 Å². The Hall–Kier alpha value is -0.360. The van der Waals surface area contributed by atoms with Gasteiger partial charge in [0.05, 0.1) is 18.6 Å². The molecule has 0 radical (unpaired) electrons. The number of carbonyl (C=O) groups is 1. The molecule has 0 bridgehead atoms. The summed E-state index contributed by atoms with van der Waals surface area (Å²) < 4.78 is 18.5. The average molecular weight is 329 g/mol. The van der Waals surface area contributed by atoms with Crippen LogP contribution in [0.1, 0.15) is 5.56 Å². The van der Waals surface area contributed by atoms with Gasteiger partial charge in [-0.3, -0.25) is 4.79 Å². The Morgan fingerprint density at radius 2 is 2.29 bits per heavy atom. The second-order valence-corrected chi connectivity index (χ2v) is 4.13. The highest BCUT2D eigenvalue weighted by molar-refractivity contribution is 14.1. The first-order valence-corrected chi connectivity index (χ1v) is 5.21. The van der Waals surface area contributed by atoms with Gasteiger partial charge in [0.15, 0.2) is 0 Å². The predicted octanol–water partition coefficient (Wildman–Crippen LogP) is 2.80. The van der Waals surface area contributed by atoms with Crippen LogP contribution in [0, 0.1) is 9.39 Å². The quantitative estimate of drug-likeness (QED) is 0.474. The van der Waals surface area contributed by atoms with Crippen LogP contribution < -0.4 is 0 Å². The fourth-order valence-electron chi connectivity index (χ4n) is 0.930. The van der Waals surface area contributed by atoms with Crippen molar-refractivity contribution in [2.45, 2.75) is 6.42 Å². The Morgan fingerprint density at radius 1 is 1.64 bits per heavy atom. The smallest absolute Gasteiger partial charge is 0.310 e. The molecule has 0 aliphatic rings. The van der Waals surface area contributed by atoms with Crippen molar-refractivity contribution >= 4 is 40.2 Å². The molecule has 0 saturated heterocycles. The summed E-state index contributed by atoms with van der Waals surface area (Å²) in [6.45, 7) is 0. The van der Waals surface area contributed by atoms with Crippen molar-refractivity contribution in [1.29, 1.82) is 0 Å². The van der Waals surface area contributed by atoms with Gasteiger partial charge in [-0.2, -0.15) is 0 Å². The maximum Gasteiger partial charge on any atom is 0.310 e. The number of methoxy groups -OCH3 is 1. The molecule has 0 fully saturated rings. The van der Waals surface area contributed by atoms with Crippen molar-refractivity contribution in [2.75, 3.05) is 7.11 Å². The molecule has 0 heterocycles. The minimum atomic E-state index is -0.552. The molecule has 0 spiro atoms. The van der Waals surface area contributed by atoms with Crippen LogP contribution in [0.3, 0.4) is 0 Å². The Kier molecular flexibility index (Phi) is 4.12. The monoisotopic (exact) mass is 328 g/mol. The number of benzene rings is 1. The van der Waals surface area contributed by atoms with Crippen LogP contribution in [0.15, 0.2) is 12.1 Å². The van der Waals surface area contributed by atoms with Crippen molar-refractivity contribution in [3.63, 3.8) is 0 Å². The Bertz CT molecular complexity index is 368. The molecule has 1 rings (SSSR count). The first-order chi connectivity index (χ1) is 6.56. The highest BCUT2D eigenvalue weighted by atomic mass is 127. The molecule has 0 N–H and O–H groups in total. The van der Waals surface area contributed by atoms with E-state index >= 15 is 0 Å². The van der Waals surface area contributed by atoms with E-state index in [2.05, 4.69) is 4.74 Å². The van der Waals surface area contributed by atoms with E-state index in [9.17, 15) is 9.18 Å². The van der Waals surface area contributed by atoms with Gasteiger partial charge in [0, 0.05) is 9.13 Å². The van der Waals surface area contributed by atoms with E-state index in [1.54, 1.807) is 6.07 Å². The molecule has 0 aliphatic carbocycles. The summed E-state index contributed by atoms with van der Waals surface area (Å²) in [6.07, 6.45) is -0.0982.